The van der Waals surface area contributed by atoms with E-state index in [0.29, 0.717) is 17.7 Å². The number of benzene rings is 2. The number of nitro benzene ring substituents is 1. The average molecular weight is 336 g/mol. The molecule has 7 heteroatoms. The summed E-state index contributed by atoms with van der Waals surface area (Å²) in [5.74, 6) is -0.547. The lowest BCUT2D eigenvalue weighted by Crippen LogP contribution is -2.14. The Morgan fingerprint density at radius 2 is 1.60 bits per heavy atom. The minimum Gasteiger partial charge on any atom is -0.468 e. The van der Waals surface area contributed by atoms with Gasteiger partial charge in [0.1, 0.15) is 11.7 Å². The highest BCUT2D eigenvalue weighted by Crippen LogP contribution is 2.33. The summed E-state index contributed by atoms with van der Waals surface area (Å²) < 4.78 is 5.76. The highest BCUT2D eigenvalue weighted by atomic mass is 16.6. The fourth-order valence-corrected chi connectivity index (χ4v) is 3.01. The first-order valence-electron chi connectivity index (χ1n) is 7.64. The maximum atomic E-state index is 12.5. The molecule has 0 amide bonds. The number of hydrogen-bond donors (Lipinski definition) is 1. The molecular weight excluding hydrogens is 324 g/mol. The van der Waals surface area contributed by atoms with E-state index in [0.717, 1.165) is 5.56 Å². The van der Waals surface area contributed by atoms with Gasteiger partial charge in [-0.05, 0) is 17.7 Å². The largest absolute Gasteiger partial charge is 0.468 e. The van der Waals surface area contributed by atoms with E-state index >= 15 is 0 Å². The number of rotatable bonds is 2. The fraction of sp³-hybridized carbons (Fsp3) is 0.111. The summed E-state index contributed by atoms with van der Waals surface area (Å²) in [6.07, 6.45) is -0.424. The third kappa shape index (κ3) is 2.37. The molecule has 4 rings (SSSR count). The number of nitrogens with one attached hydrogen (secondary N) is 1. The molecule has 1 saturated heterocycles. The Bertz CT molecular complexity index is 909. The monoisotopic (exact) mass is 336 g/mol. The van der Waals surface area contributed by atoms with Crippen LogP contribution in [-0.2, 0) is 4.74 Å². The quantitative estimate of drug-likeness (QED) is 0.392. The van der Waals surface area contributed by atoms with Gasteiger partial charge in [-0.1, -0.05) is 24.3 Å². The maximum Gasteiger partial charge on any atom is 0.269 e. The molecule has 0 spiro atoms. The van der Waals surface area contributed by atoms with Gasteiger partial charge in [0, 0.05) is 23.3 Å². The van der Waals surface area contributed by atoms with Gasteiger partial charge in [-0.25, -0.2) is 0 Å². The van der Waals surface area contributed by atoms with Crippen LogP contribution in [0.15, 0.2) is 60.0 Å². The molecule has 1 atom stereocenters. The van der Waals surface area contributed by atoms with Crippen LogP contribution < -0.4 is 5.32 Å². The highest BCUT2D eigenvalue weighted by Gasteiger charge is 2.39. The SMILES string of the molecule is O=C1C(=C2NCC(c3ccc([N+](=O)[O-])cc3)O2)C(=O)c2ccccc21. The molecule has 7 nitrogen and oxygen atoms in total. The first-order chi connectivity index (χ1) is 12.1. The predicted molar refractivity (Wildman–Crippen MR) is 87.1 cm³/mol. The van der Waals surface area contributed by atoms with E-state index in [-0.39, 0.29) is 28.7 Å². The van der Waals surface area contributed by atoms with Crippen LogP contribution in [-0.4, -0.2) is 23.0 Å². The first kappa shape index (κ1) is 15.1. The van der Waals surface area contributed by atoms with Crippen LogP contribution >= 0.6 is 0 Å². The van der Waals surface area contributed by atoms with Gasteiger partial charge in [0.15, 0.2) is 0 Å². The van der Waals surface area contributed by atoms with Crippen molar-refractivity contribution < 1.29 is 19.2 Å². The molecular formula is C18H12N2O5. The number of carbonyl (C=O) groups excluding carboxylic acids is 2. The summed E-state index contributed by atoms with van der Waals surface area (Å²) >= 11 is 0. The number of nitrogens with zero attached hydrogens (tertiary/aromatic N) is 1. The molecule has 1 aliphatic heterocycles. The van der Waals surface area contributed by atoms with Crippen molar-refractivity contribution in [2.45, 2.75) is 6.10 Å². The standard InChI is InChI=1S/C18H12N2O5/c21-16-12-3-1-2-4-13(12)17(22)15(16)18-19-9-14(25-18)10-5-7-11(8-6-10)20(23)24/h1-8,14,19H,9H2. The number of carbonyl (C=O) groups is 2. The van der Waals surface area contributed by atoms with E-state index in [4.69, 9.17) is 4.74 Å². The third-order valence-electron chi connectivity index (χ3n) is 4.28. The molecule has 1 unspecified atom stereocenters. The Morgan fingerprint density at radius 3 is 2.16 bits per heavy atom. The Hall–Kier alpha value is -3.48. The fourth-order valence-electron chi connectivity index (χ4n) is 3.01. The topological polar surface area (TPSA) is 98.5 Å². The van der Waals surface area contributed by atoms with Gasteiger partial charge in [0.05, 0.1) is 11.5 Å². The Balaban J connectivity index is 1.62. The molecule has 1 heterocycles. The van der Waals surface area contributed by atoms with Gasteiger partial charge < -0.3 is 10.1 Å². The molecule has 0 saturated carbocycles. The van der Waals surface area contributed by atoms with E-state index < -0.39 is 11.0 Å². The number of ketones is 2. The number of allylic oxidation sites excluding steroid dienone is 1. The van der Waals surface area contributed by atoms with Crippen molar-refractivity contribution in [2.24, 2.45) is 0 Å². The van der Waals surface area contributed by atoms with Crippen molar-refractivity contribution in [2.75, 3.05) is 6.54 Å². The lowest BCUT2D eigenvalue weighted by Gasteiger charge is -2.09. The zero-order valence-corrected chi connectivity index (χ0v) is 12.9. The summed E-state index contributed by atoms with van der Waals surface area (Å²) in [4.78, 5) is 35.2. The summed E-state index contributed by atoms with van der Waals surface area (Å²) in [7, 11) is 0. The summed E-state index contributed by atoms with van der Waals surface area (Å²) in [6.45, 7) is 0.369. The molecule has 1 N–H and O–H groups in total. The number of hydrogen-bond acceptors (Lipinski definition) is 6. The van der Waals surface area contributed by atoms with E-state index in [9.17, 15) is 19.7 Å². The molecule has 2 aromatic carbocycles. The molecule has 2 aliphatic rings. The lowest BCUT2D eigenvalue weighted by molar-refractivity contribution is -0.384. The molecule has 0 bridgehead atoms. The van der Waals surface area contributed by atoms with Crippen molar-refractivity contribution in [1.29, 1.82) is 0 Å². The van der Waals surface area contributed by atoms with Crippen LogP contribution in [0, 0.1) is 10.1 Å². The minimum absolute atomic E-state index is 0.00520. The first-order valence-corrected chi connectivity index (χ1v) is 7.64. The highest BCUT2D eigenvalue weighted by molar-refractivity contribution is 6.39. The molecule has 124 valence electrons. The molecule has 1 aliphatic carbocycles. The van der Waals surface area contributed by atoms with Gasteiger partial charge in [0.2, 0.25) is 17.4 Å². The Morgan fingerprint density at radius 1 is 1.00 bits per heavy atom. The second-order valence-electron chi connectivity index (χ2n) is 5.74. The van der Waals surface area contributed by atoms with Gasteiger partial charge >= 0.3 is 0 Å². The summed E-state index contributed by atoms with van der Waals surface area (Å²) in [5, 5.41) is 13.7. The zero-order chi connectivity index (χ0) is 17.6. The van der Waals surface area contributed by atoms with Crippen LogP contribution in [0.2, 0.25) is 0 Å². The Labute approximate surface area is 142 Å². The molecule has 25 heavy (non-hydrogen) atoms. The van der Waals surface area contributed by atoms with E-state index in [1.54, 1.807) is 36.4 Å². The maximum absolute atomic E-state index is 12.5. The van der Waals surface area contributed by atoms with Crippen LogP contribution in [0.3, 0.4) is 0 Å². The van der Waals surface area contributed by atoms with Gasteiger partial charge in [0.25, 0.3) is 5.69 Å². The molecule has 0 aromatic heterocycles. The van der Waals surface area contributed by atoms with Crippen LogP contribution in [0.1, 0.15) is 32.4 Å². The van der Waals surface area contributed by atoms with Gasteiger partial charge in [-0.2, -0.15) is 0 Å². The van der Waals surface area contributed by atoms with Gasteiger partial charge in [-0.15, -0.1) is 0 Å². The molecule has 2 aromatic rings. The van der Waals surface area contributed by atoms with Crippen LogP contribution in [0.5, 0.6) is 0 Å². The third-order valence-corrected chi connectivity index (χ3v) is 4.28. The number of nitro groups is 1. The van der Waals surface area contributed by atoms with E-state index in [2.05, 4.69) is 5.32 Å². The smallest absolute Gasteiger partial charge is 0.269 e. The van der Waals surface area contributed by atoms with Crippen LogP contribution in [0.25, 0.3) is 0 Å². The van der Waals surface area contributed by atoms with Gasteiger partial charge in [-0.3, -0.25) is 19.7 Å². The minimum atomic E-state index is -0.474. The lowest BCUT2D eigenvalue weighted by atomic mass is 10.1. The second kappa shape index (κ2) is 5.55. The van der Waals surface area contributed by atoms with E-state index in [1.165, 1.54) is 12.1 Å². The van der Waals surface area contributed by atoms with Crippen molar-refractivity contribution in [1.82, 2.24) is 5.32 Å². The molecule has 0 radical (unpaired) electrons. The zero-order valence-electron chi connectivity index (χ0n) is 12.9. The summed E-state index contributed by atoms with van der Waals surface area (Å²) in [6, 6.07) is 12.6. The van der Waals surface area contributed by atoms with Crippen molar-refractivity contribution in [3.05, 3.63) is 86.8 Å². The number of non-ortho nitro benzene ring substituents is 1. The number of ether oxygens (including phenoxy) is 1. The Kier molecular flexibility index (Phi) is 3.35. The second-order valence-corrected chi connectivity index (χ2v) is 5.74. The van der Waals surface area contributed by atoms with Crippen LogP contribution in [0.4, 0.5) is 5.69 Å². The van der Waals surface area contributed by atoms with Crippen molar-refractivity contribution in [3.63, 3.8) is 0 Å². The molecule has 1 fully saturated rings. The predicted octanol–water partition coefficient (Wildman–Crippen LogP) is 2.55. The van der Waals surface area contributed by atoms with E-state index in [1.807, 2.05) is 0 Å². The van der Waals surface area contributed by atoms with Crippen molar-refractivity contribution in [3.8, 4) is 0 Å². The summed E-state index contributed by atoms with van der Waals surface area (Å²) in [5.41, 5.74) is 1.47. The average Bonchev–Trinajstić information content (AvgIpc) is 3.19. The normalized spacial score (nSPS) is 18.8. The number of Topliss-reactive ketones (excluding diaryl/α,β-unsaturated/α-hetero) is 2. The number of fused-ring (bicyclic) bond motifs is 1. The van der Waals surface area contributed by atoms with Crippen molar-refractivity contribution >= 4 is 17.3 Å².